The fourth-order valence-corrected chi connectivity index (χ4v) is 4.04. The molecule has 1 atom stereocenters. The first-order valence-electron chi connectivity index (χ1n) is 5.19. The summed E-state index contributed by atoms with van der Waals surface area (Å²) in [5.74, 6) is -0.449. The minimum atomic E-state index is -3.02. The smallest absolute Gasteiger partial charge is 0.167 e. The van der Waals surface area contributed by atoms with Crippen LogP contribution in [0.1, 0.15) is 16.8 Å². The molecule has 1 unspecified atom stereocenters. The Labute approximate surface area is 108 Å². The average Bonchev–Trinajstić information content (AvgIpc) is 2.62. The van der Waals surface area contributed by atoms with E-state index in [9.17, 15) is 13.2 Å². The summed E-state index contributed by atoms with van der Waals surface area (Å²) >= 11 is 3.25. The summed E-state index contributed by atoms with van der Waals surface area (Å²) in [5.41, 5.74) is 6.70. The highest BCUT2D eigenvalue weighted by atomic mass is 79.9. The van der Waals surface area contributed by atoms with E-state index in [-0.39, 0.29) is 17.3 Å². The zero-order valence-corrected chi connectivity index (χ0v) is 11.4. The fraction of sp³-hybridized carbons (Fsp3) is 0.364. The van der Waals surface area contributed by atoms with Gasteiger partial charge in [0.25, 0.3) is 0 Å². The van der Waals surface area contributed by atoms with Crippen LogP contribution in [0.4, 0.5) is 5.69 Å². The molecule has 1 heterocycles. The van der Waals surface area contributed by atoms with Crippen molar-refractivity contribution in [1.29, 1.82) is 0 Å². The zero-order valence-electron chi connectivity index (χ0n) is 9.02. The molecule has 1 aromatic carbocycles. The van der Waals surface area contributed by atoms with Crippen molar-refractivity contribution in [1.82, 2.24) is 0 Å². The number of carbonyl (C=O) groups is 1. The number of carbonyl (C=O) groups excluding carboxylic acids is 1. The number of benzene rings is 1. The van der Waals surface area contributed by atoms with Crippen molar-refractivity contribution >= 4 is 37.2 Å². The van der Waals surface area contributed by atoms with Gasteiger partial charge in [0.2, 0.25) is 0 Å². The number of hydrogen-bond donors (Lipinski definition) is 1. The van der Waals surface area contributed by atoms with Crippen LogP contribution in [0.15, 0.2) is 22.7 Å². The lowest BCUT2D eigenvalue weighted by atomic mass is 9.97. The van der Waals surface area contributed by atoms with Crippen molar-refractivity contribution in [2.24, 2.45) is 5.92 Å². The monoisotopic (exact) mass is 317 g/mol. The Hall–Kier alpha value is -0.880. The first kappa shape index (κ1) is 12.6. The molecule has 0 bridgehead atoms. The third-order valence-electron chi connectivity index (χ3n) is 2.89. The second kappa shape index (κ2) is 4.42. The molecule has 0 aliphatic carbocycles. The summed E-state index contributed by atoms with van der Waals surface area (Å²) in [6.07, 6.45) is 0.420. The molecule has 1 aliphatic rings. The normalized spacial score (nSPS) is 22.5. The zero-order chi connectivity index (χ0) is 12.6. The van der Waals surface area contributed by atoms with Crippen LogP contribution in [0.5, 0.6) is 0 Å². The van der Waals surface area contributed by atoms with Crippen LogP contribution in [-0.2, 0) is 9.84 Å². The minimum Gasteiger partial charge on any atom is -0.398 e. The van der Waals surface area contributed by atoms with Gasteiger partial charge in [-0.05, 0) is 40.5 Å². The summed E-state index contributed by atoms with van der Waals surface area (Å²) in [7, 11) is -3.02. The number of hydrogen-bond acceptors (Lipinski definition) is 4. The lowest BCUT2D eigenvalue weighted by Gasteiger charge is -2.07. The Morgan fingerprint density at radius 3 is 2.65 bits per heavy atom. The van der Waals surface area contributed by atoms with E-state index in [0.717, 1.165) is 0 Å². The van der Waals surface area contributed by atoms with Crippen molar-refractivity contribution in [3.63, 3.8) is 0 Å². The second-order valence-corrected chi connectivity index (χ2v) is 7.28. The molecule has 6 heteroatoms. The molecule has 0 amide bonds. The van der Waals surface area contributed by atoms with E-state index in [1.807, 2.05) is 0 Å². The maximum atomic E-state index is 12.1. The Bertz CT molecular complexity index is 568. The van der Waals surface area contributed by atoms with E-state index in [1.54, 1.807) is 18.2 Å². The van der Waals surface area contributed by atoms with Crippen LogP contribution in [0, 0.1) is 5.92 Å². The molecule has 1 aromatic rings. The highest BCUT2D eigenvalue weighted by Crippen LogP contribution is 2.26. The van der Waals surface area contributed by atoms with Gasteiger partial charge in [0.15, 0.2) is 15.6 Å². The molecule has 92 valence electrons. The van der Waals surface area contributed by atoms with E-state index in [0.29, 0.717) is 22.1 Å². The van der Waals surface area contributed by atoms with E-state index < -0.39 is 15.8 Å². The van der Waals surface area contributed by atoms with Gasteiger partial charge in [0, 0.05) is 21.6 Å². The van der Waals surface area contributed by atoms with E-state index >= 15 is 0 Å². The molecule has 1 aliphatic heterocycles. The second-order valence-electron chi connectivity index (χ2n) is 4.20. The molecule has 0 saturated carbocycles. The summed E-state index contributed by atoms with van der Waals surface area (Å²) in [6, 6.07) is 4.91. The minimum absolute atomic E-state index is 0.0339. The van der Waals surface area contributed by atoms with Crippen LogP contribution in [0.2, 0.25) is 0 Å². The average molecular weight is 318 g/mol. The first-order chi connectivity index (χ1) is 7.89. The molecule has 1 fully saturated rings. The molecular weight excluding hydrogens is 306 g/mol. The lowest BCUT2D eigenvalue weighted by molar-refractivity contribution is 0.0933. The van der Waals surface area contributed by atoms with Gasteiger partial charge in [0.05, 0.1) is 11.5 Å². The lowest BCUT2D eigenvalue weighted by Crippen LogP contribution is -2.16. The van der Waals surface area contributed by atoms with Crippen molar-refractivity contribution in [2.75, 3.05) is 17.2 Å². The molecule has 2 N–H and O–H groups in total. The quantitative estimate of drug-likeness (QED) is 0.664. The Morgan fingerprint density at radius 2 is 2.12 bits per heavy atom. The Kier molecular flexibility index (Phi) is 3.27. The van der Waals surface area contributed by atoms with Crippen LogP contribution < -0.4 is 5.73 Å². The van der Waals surface area contributed by atoms with Crippen molar-refractivity contribution in [3.8, 4) is 0 Å². The molecule has 4 nitrogen and oxygen atoms in total. The van der Waals surface area contributed by atoms with Gasteiger partial charge >= 0.3 is 0 Å². The number of rotatable bonds is 2. The number of nitrogen functional groups attached to an aromatic ring is 1. The summed E-state index contributed by atoms with van der Waals surface area (Å²) < 4.78 is 23.3. The van der Waals surface area contributed by atoms with Gasteiger partial charge in [-0.15, -0.1) is 0 Å². The third-order valence-corrected chi connectivity index (χ3v) is 5.34. The highest BCUT2D eigenvalue weighted by molar-refractivity contribution is 9.10. The van der Waals surface area contributed by atoms with E-state index in [1.165, 1.54) is 0 Å². The van der Waals surface area contributed by atoms with Gasteiger partial charge in [-0.25, -0.2) is 8.42 Å². The number of ketones is 1. The topological polar surface area (TPSA) is 77.2 Å². The maximum absolute atomic E-state index is 12.1. The van der Waals surface area contributed by atoms with Crippen LogP contribution >= 0.6 is 15.9 Å². The Balaban J connectivity index is 2.23. The molecule has 2 rings (SSSR count). The summed E-state index contributed by atoms with van der Waals surface area (Å²) in [6.45, 7) is 0. The Morgan fingerprint density at radius 1 is 1.41 bits per heavy atom. The molecule has 0 spiro atoms. The van der Waals surface area contributed by atoms with Gasteiger partial charge in [-0.2, -0.15) is 0 Å². The largest absolute Gasteiger partial charge is 0.398 e. The van der Waals surface area contributed by atoms with Crippen LogP contribution in [-0.4, -0.2) is 25.7 Å². The molecule has 0 aromatic heterocycles. The number of anilines is 1. The standard InChI is InChI=1S/C11H12BrNO3S/c12-9-5-7(1-2-10(9)13)11(14)8-3-4-17(15,16)6-8/h1-2,5,8H,3-4,6,13H2. The van der Waals surface area contributed by atoms with Gasteiger partial charge in [-0.1, -0.05) is 0 Å². The maximum Gasteiger partial charge on any atom is 0.167 e. The molecule has 17 heavy (non-hydrogen) atoms. The highest BCUT2D eigenvalue weighted by Gasteiger charge is 2.33. The summed E-state index contributed by atoms with van der Waals surface area (Å²) in [5, 5.41) is 0. The van der Waals surface area contributed by atoms with Crippen LogP contribution in [0.25, 0.3) is 0 Å². The molecule has 0 radical (unpaired) electrons. The first-order valence-corrected chi connectivity index (χ1v) is 7.80. The number of Topliss-reactive ketones (excluding diaryl/α,β-unsaturated/α-hetero) is 1. The predicted octanol–water partition coefficient (Wildman–Crippen LogP) is 1.65. The number of halogens is 1. The van der Waals surface area contributed by atoms with Gasteiger partial charge in [0.1, 0.15) is 0 Å². The van der Waals surface area contributed by atoms with Gasteiger partial charge < -0.3 is 5.73 Å². The number of nitrogens with two attached hydrogens (primary N) is 1. The van der Waals surface area contributed by atoms with E-state index in [2.05, 4.69) is 15.9 Å². The third kappa shape index (κ3) is 2.69. The van der Waals surface area contributed by atoms with Crippen molar-refractivity contribution in [3.05, 3.63) is 28.2 Å². The van der Waals surface area contributed by atoms with Gasteiger partial charge in [-0.3, -0.25) is 4.79 Å². The SMILES string of the molecule is Nc1ccc(C(=O)C2CCS(=O)(=O)C2)cc1Br. The van der Waals surface area contributed by atoms with Crippen molar-refractivity contribution < 1.29 is 13.2 Å². The van der Waals surface area contributed by atoms with Crippen molar-refractivity contribution in [2.45, 2.75) is 6.42 Å². The number of sulfone groups is 1. The van der Waals surface area contributed by atoms with Crippen LogP contribution in [0.3, 0.4) is 0 Å². The van der Waals surface area contributed by atoms with E-state index in [4.69, 9.17) is 5.73 Å². The predicted molar refractivity (Wildman–Crippen MR) is 69.6 cm³/mol. The molecular formula is C11H12BrNO3S. The fourth-order valence-electron chi connectivity index (χ4n) is 1.92. The molecule has 1 saturated heterocycles. The summed E-state index contributed by atoms with van der Waals surface area (Å²) in [4.78, 5) is 12.1.